The SMILES string of the molecule is Cc1c(C(=O)NCCSc2ccccc2)oc2ccccc12. The molecule has 0 atom stereocenters. The summed E-state index contributed by atoms with van der Waals surface area (Å²) in [4.78, 5) is 13.4. The summed E-state index contributed by atoms with van der Waals surface area (Å²) in [6.07, 6.45) is 0. The molecule has 0 radical (unpaired) electrons. The smallest absolute Gasteiger partial charge is 0.287 e. The molecule has 22 heavy (non-hydrogen) atoms. The predicted octanol–water partition coefficient (Wildman–Crippen LogP) is 4.26. The number of carbonyl (C=O) groups excluding carboxylic acids is 1. The Morgan fingerprint density at radius 3 is 2.59 bits per heavy atom. The molecule has 0 spiro atoms. The Morgan fingerprint density at radius 1 is 1.09 bits per heavy atom. The molecule has 1 aromatic heterocycles. The van der Waals surface area contributed by atoms with E-state index >= 15 is 0 Å². The molecule has 3 rings (SSSR count). The van der Waals surface area contributed by atoms with Crippen LogP contribution in [0.15, 0.2) is 63.9 Å². The summed E-state index contributed by atoms with van der Waals surface area (Å²) in [5.41, 5.74) is 1.65. The molecular weight excluding hydrogens is 294 g/mol. The minimum absolute atomic E-state index is 0.151. The highest BCUT2D eigenvalue weighted by atomic mass is 32.2. The Balaban J connectivity index is 1.58. The number of para-hydroxylation sites is 1. The van der Waals surface area contributed by atoms with Crippen LogP contribution in [0.4, 0.5) is 0 Å². The van der Waals surface area contributed by atoms with Crippen molar-refractivity contribution in [3.63, 3.8) is 0 Å². The zero-order chi connectivity index (χ0) is 15.4. The first kappa shape index (κ1) is 14.7. The van der Waals surface area contributed by atoms with Crippen LogP contribution in [0, 0.1) is 6.92 Å². The third-order valence-corrected chi connectivity index (χ3v) is 4.46. The minimum atomic E-state index is -0.151. The quantitative estimate of drug-likeness (QED) is 0.565. The van der Waals surface area contributed by atoms with Crippen LogP contribution in [0.2, 0.25) is 0 Å². The first-order valence-corrected chi connectivity index (χ1v) is 8.18. The van der Waals surface area contributed by atoms with Crippen molar-refractivity contribution in [2.75, 3.05) is 12.3 Å². The standard InChI is InChI=1S/C18H17NO2S/c1-13-15-9-5-6-10-16(15)21-17(13)18(20)19-11-12-22-14-7-3-2-4-8-14/h2-10H,11-12H2,1H3,(H,19,20). The molecule has 1 heterocycles. The zero-order valence-electron chi connectivity index (χ0n) is 12.3. The fraction of sp³-hybridized carbons (Fsp3) is 0.167. The normalized spacial score (nSPS) is 10.8. The van der Waals surface area contributed by atoms with Crippen molar-refractivity contribution >= 4 is 28.6 Å². The van der Waals surface area contributed by atoms with E-state index in [0.717, 1.165) is 22.3 Å². The average molecular weight is 311 g/mol. The number of hydrogen-bond acceptors (Lipinski definition) is 3. The maximum absolute atomic E-state index is 12.2. The van der Waals surface area contributed by atoms with E-state index in [-0.39, 0.29) is 5.91 Å². The molecule has 0 aliphatic carbocycles. The van der Waals surface area contributed by atoms with Gasteiger partial charge in [0.1, 0.15) is 5.58 Å². The van der Waals surface area contributed by atoms with Gasteiger partial charge in [-0.05, 0) is 25.1 Å². The molecule has 3 nitrogen and oxygen atoms in total. The summed E-state index contributed by atoms with van der Waals surface area (Å²) in [5.74, 6) is 1.09. The molecule has 3 aromatic rings. The molecule has 1 N–H and O–H groups in total. The number of amides is 1. The molecule has 112 valence electrons. The van der Waals surface area contributed by atoms with Gasteiger partial charge in [-0.3, -0.25) is 4.79 Å². The number of thioether (sulfide) groups is 1. The summed E-state index contributed by atoms with van der Waals surface area (Å²) in [6.45, 7) is 2.52. The second-order valence-corrected chi connectivity index (χ2v) is 6.14. The molecule has 4 heteroatoms. The number of aryl methyl sites for hydroxylation is 1. The first-order chi connectivity index (χ1) is 10.8. The number of furan rings is 1. The molecule has 2 aromatic carbocycles. The van der Waals surface area contributed by atoms with Gasteiger partial charge < -0.3 is 9.73 Å². The van der Waals surface area contributed by atoms with Gasteiger partial charge in [-0.25, -0.2) is 0 Å². The first-order valence-electron chi connectivity index (χ1n) is 7.20. The lowest BCUT2D eigenvalue weighted by molar-refractivity contribution is 0.0930. The van der Waals surface area contributed by atoms with Crippen LogP contribution in [-0.2, 0) is 0 Å². The summed E-state index contributed by atoms with van der Waals surface area (Å²) >= 11 is 1.72. The number of nitrogens with one attached hydrogen (secondary N) is 1. The second kappa shape index (κ2) is 6.71. The third-order valence-electron chi connectivity index (χ3n) is 3.45. The lowest BCUT2D eigenvalue weighted by atomic mass is 10.1. The van der Waals surface area contributed by atoms with Crippen molar-refractivity contribution in [3.8, 4) is 0 Å². The van der Waals surface area contributed by atoms with Gasteiger partial charge in [0.05, 0.1) is 0 Å². The molecule has 0 bridgehead atoms. The van der Waals surface area contributed by atoms with E-state index in [0.29, 0.717) is 12.3 Å². The lowest BCUT2D eigenvalue weighted by Crippen LogP contribution is -2.25. The highest BCUT2D eigenvalue weighted by Gasteiger charge is 2.16. The van der Waals surface area contributed by atoms with Crippen molar-refractivity contribution in [3.05, 3.63) is 65.9 Å². The summed E-state index contributed by atoms with van der Waals surface area (Å²) in [5, 5.41) is 3.91. The van der Waals surface area contributed by atoms with Crippen molar-refractivity contribution in [1.82, 2.24) is 5.32 Å². The number of carbonyl (C=O) groups is 1. The van der Waals surface area contributed by atoms with Gasteiger partial charge in [0.2, 0.25) is 0 Å². The molecule has 0 aliphatic heterocycles. The highest BCUT2D eigenvalue weighted by Crippen LogP contribution is 2.24. The van der Waals surface area contributed by atoms with Crippen LogP contribution in [0.5, 0.6) is 0 Å². The highest BCUT2D eigenvalue weighted by molar-refractivity contribution is 7.99. The van der Waals surface area contributed by atoms with Crippen LogP contribution in [0.3, 0.4) is 0 Å². The van der Waals surface area contributed by atoms with E-state index in [1.54, 1.807) is 11.8 Å². The van der Waals surface area contributed by atoms with E-state index < -0.39 is 0 Å². The van der Waals surface area contributed by atoms with Crippen LogP contribution in [-0.4, -0.2) is 18.2 Å². The van der Waals surface area contributed by atoms with Crippen molar-refractivity contribution in [2.45, 2.75) is 11.8 Å². The second-order valence-electron chi connectivity index (χ2n) is 4.97. The Hall–Kier alpha value is -2.20. The van der Waals surface area contributed by atoms with Gasteiger partial charge in [0.25, 0.3) is 5.91 Å². The average Bonchev–Trinajstić information content (AvgIpc) is 2.90. The lowest BCUT2D eigenvalue weighted by Gasteiger charge is -2.04. The summed E-state index contributed by atoms with van der Waals surface area (Å²) < 4.78 is 5.66. The van der Waals surface area contributed by atoms with Crippen LogP contribution in [0.25, 0.3) is 11.0 Å². The van der Waals surface area contributed by atoms with Crippen LogP contribution in [0.1, 0.15) is 16.1 Å². The molecule has 0 unspecified atom stereocenters. The molecule has 1 amide bonds. The molecular formula is C18H17NO2S. The molecule has 0 saturated heterocycles. The van der Waals surface area contributed by atoms with Crippen LogP contribution < -0.4 is 5.32 Å². The third kappa shape index (κ3) is 3.17. The molecule has 0 saturated carbocycles. The molecule has 0 aliphatic rings. The maximum atomic E-state index is 12.2. The van der Waals surface area contributed by atoms with E-state index in [1.165, 1.54) is 4.90 Å². The van der Waals surface area contributed by atoms with E-state index in [1.807, 2.05) is 49.4 Å². The summed E-state index contributed by atoms with van der Waals surface area (Å²) in [7, 11) is 0. The van der Waals surface area contributed by atoms with Gasteiger partial charge in [-0.2, -0.15) is 0 Å². The van der Waals surface area contributed by atoms with Gasteiger partial charge >= 0.3 is 0 Å². The fourth-order valence-corrected chi connectivity index (χ4v) is 3.11. The monoisotopic (exact) mass is 311 g/mol. The fourth-order valence-electron chi connectivity index (χ4n) is 2.32. The zero-order valence-corrected chi connectivity index (χ0v) is 13.2. The Labute approximate surface area is 133 Å². The Bertz CT molecular complexity index is 780. The topological polar surface area (TPSA) is 42.2 Å². The molecule has 0 fully saturated rings. The van der Waals surface area contributed by atoms with E-state index in [9.17, 15) is 4.79 Å². The number of hydrogen-bond donors (Lipinski definition) is 1. The maximum Gasteiger partial charge on any atom is 0.287 e. The van der Waals surface area contributed by atoms with Gasteiger partial charge in [0.15, 0.2) is 5.76 Å². The number of fused-ring (bicyclic) bond motifs is 1. The van der Waals surface area contributed by atoms with Crippen molar-refractivity contribution < 1.29 is 9.21 Å². The number of rotatable bonds is 5. The van der Waals surface area contributed by atoms with Crippen molar-refractivity contribution in [2.24, 2.45) is 0 Å². The van der Waals surface area contributed by atoms with Gasteiger partial charge in [-0.1, -0.05) is 36.4 Å². The van der Waals surface area contributed by atoms with E-state index in [4.69, 9.17) is 4.42 Å². The predicted molar refractivity (Wildman–Crippen MR) is 90.5 cm³/mol. The van der Waals surface area contributed by atoms with Gasteiger partial charge in [0, 0.05) is 28.1 Å². The van der Waals surface area contributed by atoms with E-state index in [2.05, 4.69) is 17.4 Å². The summed E-state index contributed by atoms with van der Waals surface area (Å²) in [6, 6.07) is 17.9. The minimum Gasteiger partial charge on any atom is -0.451 e. The van der Waals surface area contributed by atoms with Gasteiger partial charge in [-0.15, -0.1) is 11.8 Å². The van der Waals surface area contributed by atoms with Crippen molar-refractivity contribution in [1.29, 1.82) is 0 Å². The van der Waals surface area contributed by atoms with Crippen LogP contribution >= 0.6 is 11.8 Å². The Kier molecular flexibility index (Phi) is 4.49. The number of benzene rings is 2. The largest absolute Gasteiger partial charge is 0.451 e. The Morgan fingerprint density at radius 2 is 1.82 bits per heavy atom.